The molecule has 5 nitrogen and oxygen atoms in total. The molecule has 21 heavy (non-hydrogen) atoms. The molecule has 0 atom stereocenters. The number of benzene rings is 1. The summed E-state index contributed by atoms with van der Waals surface area (Å²) in [4.78, 5) is 16.8. The zero-order valence-corrected chi connectivity index (χ0v) is 11.9. The molecule has 3 rings (SSSR count). The fraction of sp³-hybridized carbons (Fsp3) is 0.375. The zero-order valence-electron chi connectivity index (χ0n) is 11.9. The fourth-order valence-electron chi connectivity index (χ4n) is 2.98. The van der Waals surface area contributed by atoms with E-state index in [-0.39, 0.29) is 5.91 Å². The summed E-state index contributed by atoms with van der Waals surface area (Å²) in [5.41, 5.74) is 3.90. The normalized spacial score (nSPS) is 15.3. The molecule has 4 N–H and O–H groups in total. The van der Waals surface area contributed by atoms with Crippen LogP contribution in [0.1, 0.15) is 36.0 Å². The van der Waals surface area contributed by atoms with Gasteiger partial charge in [-0.1, -0.05) is 31.0 Å². The topological polar surface area (TPSA) is 80.0 Å². The molecule has 0 radical (unpaired) electrons. The first kappa shape index (κ1) is 13.8. The summed E-state index contributed by atoms with van der Waals surface area (Å²) in [7, 11) is 0. The largest absolute Gasteiger partial charge is 0.352 e. The minimum absolute atomic E-state index is 0.0583. The Kier molecular flexibility index (Phi) is 4.01. The lowest BCUT2D eigenvalue weighted by Crippen LogP contribution is -2.28. The Morgan fingerprint density at radius 2 is 2.05 bits per heavy atom. The highest BCUT2D eigenvalue weighted by Crippen LogP contribution is 2.24. The molecule has 0 bridgehead atoms. The van der Waals surface area contributed by atoms with Gasteiger partial charge in [-0.2, -0.15) is 0 Å². The number of hydrazine groups is 1. The van der Waals surface area contributed by atoms with Crippen LogP contribution in [0.15, 0.2) is 30.3 Å². The average Bonchev–Trinajstić information content (AvgIpc) is 3.05. The molecule has 110 valence electrons. The Hall–Kier alpha value is -2.14. The number of hydrogen-bond donors (Lipinski definition) is 3. The molecule has 1 fully saturated rings. The molecule has 1 aromatic carbocycles. The number of carbonyl (C=O) groups is 1. The lowest BCUT2D eigenvalue weighted by atomic mass is 10.1. The third kappa shape index (κ3) is 2.97. The predicted molar refractivity (Wildman–Crippen MR) is 83.8 cm³/mol. The van der Waals surface area contributed by atoms with Crippen molar-refractivity contribution in [2.45, 2.75) is 25.7 Å². The van der Waals surface area contributed by atoms with Crippen LogP contribution in [0.3, 0.4) is 0 Å². The van der Waals surface area contributed by atoms with E-state index in [0.29, 0.717) is 17.3 Å². The Bertz CT molecular complexity index is 650. The van der Waals surface area contributed by atoms with Gasteiger partial charge in [-0.05, 0) is 30.9 Å². The molecular weight excluding hydrogens is 264 g/mol. The number of nitrogens with one attached hydrogen (secondary N) is 2. The minimum Gasteiger partial charge on any atom is -0.352 e. The number of fused-ring (bicyclic) bond motifs is 1. The van der Waals surface area contributed by atoms with E-state index >= 15 is 0 Å². The average molecular weight is 284 g/mol. The molecule has 0 unspecified atom stereocenters. The highest BCUT2D eigenvalue weighted by molar-refractivity contribution is 6.06. The number of pyridine rings is 1. The van der Waals surface area contributed by atoms with Crippen molar-refractivity contribution in [2.75, 3.05) is 12.0 Å². The van der Waals surface area contributed by atoms with Crippen molar-refractivity contribution in [1.29, 1.82) is 0 Å². The molecule has 1 amide bonds. The molecule has 0 aliphatic heterocycles. The van der Waals surface area contributed by atoms with Crippen LogP contribution < -0.4 is 16.6 Å². The monoisotopic (exact) mass is 284 g/mol. The standard InChI is InChI=1S/C16H20N4O/c17-20-15-9-13(12-7-3-4-8-14(12)19-15)16(21)18-10-11-5-1-2-6-11/h3-4,7-9,11H,1-2,5-6,10,17H2,(H,18,21)(H,19,20). The molecule has 5 heteroatoms. The summed E-state index contributed by atoms with van der Waals surface area (Å²) >= 11 is 0. The van der Waals surface area contributed by atoms with Gasteiger partial charge in [0.15, 0.2) is 0 Å². The van der Waals surface area contributed by atoms with Gasteiger partial charge in [0.2, 0.25) is 0 Å². The molecule has 1 aromatic heterocycles. The number of aromatic nitrogens is 1. The number of nitrogens with two attached hydrogens (primary N) is 1. The second kappa shape index (κ2) is 6.10. The second-order valence-electron chi connectivity index (χ2n) is 5.58. The van der Waals surface area contributed by atoms with Gasteiger partial charge in [-0.15, -0.1) is 0 Å². The van der Waals surface area contributed by atoms with Crippen LogP contribution in [-0.4, -0.2) is 17.4 Å². The summed E-state index contributed by atoms with van der Waals surface area (Å²) in [6.45, 7) is 0.751. The number of hydrogen-bond acceptors (Lipinski definition) is 4. The van der Waals surface area contributed by atoms with E-state index in [0.717, 1.165) is 17.4 Å². The molecule has 1 aliphatic carbocycles. The van der Waals surface area contributed by atoms with Crippen molar-refractivity contribution < 1.29 is 4.79 Å². The van der Waals surface area contributed by atoms with E-state index in [1.165, 1.54) is 25.7 Å². The third-order valence-corrected chi connectivity index (χ3v) is 4.13. The molecule has 1 aliphatic rings. The van der Waals surface area contributed by atoms with Gasteiger partial charge in [0.25, 0.3) is 5.91 Å². The van der Waals surface area contributed by atoms with E-state index in [9.17, 15) is 4.79 Å². The van der Waals surface area contributed by atoms with Crippen LogP contribution >= 0.6 is 0 Å². The number of para-hydroxylation sites is 1. The van der Waals surface area contributed by atoms with Gasteiger partial charge >= 0.3 is 0 Å². The predicted octanol–water partition coefficient (Wildman–Crippen LogP) is 2.44. The van der Waals surface area contributed by atoms with Gasteiger partial charge in [0.05, 0.1) is 11.1 Å². The number of rotatable bonds is 4. The van der Waals surface area contributed by atoms with Crippen molar-refractivity contribution in [3.63, 3.8) is 0 Å². The summed E-state index contributed by atoms with van der Waals surface area (Å²) < 4.78 is 0. The summed E-state index contributed by atoms with van der Waals surface area (Å²) in [5.74, 6) is 6.50. The van der Waals surface area contributed by atoms with Crippen LogP contribution in [0.5, 0.6) is 0 Å². The summed E-state index contributed by atoms with van der Waals surface area (Å²) in [6, 6.07) is 9.30. The summed E-state index contributed by atoms with van der Waals surface area (Å²) in [5, 5.41) is 3.90. The third-order valence-electron chi connectivity index (χ3n) is 4.13. The van der Waals surface area contributed by atoms with Crippen molar-refractivity contribution in [1.82, 2.24) is 10.3 Å². The van der Waals surface area contributed by atoms with Crippen molar-refractivity contribution in [3.8, 4) is 0 Å². The molecular formula is C16H20N4O. The Balaban J connectivity index is 1.85. The highest BCUT2D eigenvalue weighted by atomic mass is 16.1. The number of nitrogens with zero attached hydrogens (tertiary/aromatic N) is 1. The number of amides is 1. The van der Waals surface area contributed by atoms with Gasteiger partial charge in [0.1, 0.15) is 5.82 Å². The molecule has 0 spiro atoms. The highest BCUT2D eigenvalue weighted by Gasteiger charge is 2.17. The second-order valence-corrected chi connectivity index (χ2v) is 5.58. The first-order valence-electron chi connectivity index (χ1n) is 7.42. The van der Waals surface area contributed by atoms with Gasteiger partial charge in [-0.25, -0.2) is 10.8 Å². The van der Waals surface area contributed by atoms with Gasteiger partial charge in [-0.3, -0.25) is 4.79 Å². The molecule has 2 aromatic rings. The van der Waals surface area contributed by atoms with Gasteiger partial charge < -0.3 is 10.7 Å². The van der Waals surface area contributed by atoms with Gasteiger partial charge in [0, 0.05) is 11.9 Å². The molecule has 1 saturated carbocycles. The van der Waals surface area contributed by atoms with E-state index in [1.54, 1.807) is 6.07 Å². The van der Waals surface area contributed by atoms with Crippen LogP contribution in [0.4, 0.5) is 5.82 Å². The van der Waals surface area contributed by atoms with Crippen LogP contribution in [0.25, 0.3) is 10.9 Å². The van der Waals surface area contributed by atoms with Crippen molar-refractivity contribution in [2.24, 2.45) is 11.8 Å². The quantitative estimate of drug-likeness (QED) is 0.595. The maximum absolute atomic E-state index is 12.5. The van der Waals surface area contributed by atoms with Crippen molar-refractivity contribution >= 4 is 22.6 Å². The Labute approximate surface area is 123 Å². The maximum atomic E-state index is 12.5. The number of anilines is 1. The number of nitrogen functional groups attached to an aromatic ring is 1. The minimum atomic E-state index is -0.0583. The summed E-state index contributed by atoms with van der Waals surface area (Å²) in [6.07, 6.45) is 4.99. The lowest BCUT2D eigenvalue weighted by Gasteiger charge is -2.13. The smallest absolute Gasteiger partial charge is 0.252 e. The number of carbonyl (C=O) groups excluding carboxylic acids is 1. The first-order valence-corrected chi connectivity index (χ1v) is 7.42. The fourth-order valence-corrected chi connectivity index (χ4v) is 2.98. The lowest BCUT2D eigenvalue weighted by molar-refractivity contribution is 0.0949. The van der Waals surface area contributed by atoms with E-state index in [2.05, 4.69) is 15.7 Å². The maximum Gasteiger partial charge on any atom is 0.252 e. The van der Waals surface area contributed by atoms with Crippen LogP contribution in [0, 0.1) is 5.92 Å². The van der Waals surface area contributed by atoms with E-state index in [1.807, 2.05) is 24.3 Å². The van der Waals surface area contributed by atoms with E-state index in [4.69, 9.17) is 5.84 Å². The Morgan fingerprint density at radius 3 is 2.81 bits per heavy atom. The molecule has 0 saturated heterocycles. The Morgan fingerprint density at radius 1 is 1.29 bits per heavy atom. The van der Waals surface area contributed by atoms with Crippen LogP contribution in [-0.2, 0) is 0 Å². The van der Waals surface area contributed by atoms with E-state index < -0.39 is 0 Å². The zero-order chi connectivity index (χ0) is 14.7. The SMILES string of the molecule is NNc1cc(C(=O)NCC2CCCC2)c2ccccc2n1. The van der Waals surface area contributed by atoms with Crippen LogP contribution in [0.2, 0.25) is 0 Å². The van der Waals surface area contributed by atoms with Crippen molar-refractivity contribution in [3.05, 3.63) is 35.9 Å². The molecule has 1 heterocycles. The first-order chi connectivity index (χ1) is 10.3.